The molecule has 0 aromatic rings. The van der Waals surface area contributed by atoms with Crippen LogP contribution in [0.4, 0.5) is 9.59 Å². The molecule has 1 fully saturated rings. The molecule has 9 nitrogen and oxygen atoms in total. The van der Waals surface area contributed by atoms with Crippen LogP contribution in [0, 0.1) is 0 Å². The lowest BCUT2D eigenvalue weighted by Crippen LogP contribution is -2.57. The van der Waals surface area contributed by atoms with E-state index in [9.17, 15) is 18.0 Å². The zero-order valence-corrected chi connectivity index (χ0v) is 13.8. The third kappa shape index (κ3) is 6.48. The van der Waals surface area contributed by atoms with Crippen LogP contribution in [0.2, 0.25) is 0 Å². The predicted octanol–water partition coefficient (Wildman–Crippen LogP) is 0.608. The lowest BCUT2D eigenvalue weighted by atomic mass is 10.0. The van der Waals surface area contributed by atoms with Gasteiger partial charge in [0.15, 0.2) is 0 Å². The van der Waals surface area contributed by atoms with E-state index in [1.807, 2.05) is 0 Å². The summed E-state index contributed by atoms with van der Waals surface area (Å²) in [6.07, 6.45) is -1.68. The van der Waals surface area contributed by atoms with E-state index in [-0.39, 0.29) is 19.5 Å². The fourth-order valence-electron chi connectivity index (χ4n) is 2.04. The van der Waals surface area contributed by atoms with Gasteiger partial charge in [0.2, 0.25) is 0 Å². The van der Waals surface area contributed by atoms with E-state index in [4.69, 9.17) is 14.0 Å². The maximum Gasteiger partial charge on any atom is 0.408 e. The second-order valence-electron chi connectivity index (χ2n) is 6.11. The minimum atomic E-state index is -3.72. The summed E-state index contributed by atoms with van der Waals surface area (Å²) in [4.78, 5) is 23.9. The van der Waals surface area contributed by atoms with Gasteiger partial charge in [0.1, 0.15) is 11.7 Å². The average Bonchev–Trinajstić information content (AvgIpc) is 2.26. The average molecular weight is 338 g/mol. The minimum absolute atomic E-state index is 0.0746. The molecule has 128 valence electrons. The Morgan fingerprint density at radius 3 is 2.36 bits per heavy atom. The van der Waals surface area contributed by atoms with Gasteiger partial charge in [-0.15, -0.1) is 0 Å². The lowest BCUT2D eigenvalue weighted by molar-refractivity contribution is 0.0315. The maximum atomic E-state index is 11.8. The SMILES string of the molecule is CC(C)(C)OC(=O)NC1CN(C(=O)O)CCC1OS(C)(=O)=O. The number of ether oxygens (including phenoxy) is 1. The number of hydrogen-bond acceptors (Lipinski definition) is 6. The largest absolute Gasteiger partial charge is 0.465 e. The van der Waals surface area contributed by atoms with Crippen molar-refractivity contribution in [3.05, 3.63) is 0 Å². The number of rotatable bonds is 3. The van der Waals surface area contributed by atoms with Crippen molar-refractivity contribution in [1.82, 2.24) is 10.2 Å². The molecule has 22 heavy (non-hydrogen) atoms. The number of carbonyl (C=O) groups is 2. The summed E-state index contributed by atoms with van der Waals surface area (Å²) in [7, 11) is -3.72. The van der Waals surface area contributed by atoms with Crippen LogP contribution < -0.4 is 5.32 Å². The number of likely N-dealkylation sites (tertiary alicyclic amines) is 1. The van der Waals surface area contributed by atoms with Crippen molar-refractivity contribution in [1.29, 1.82) is 0 Å². The molecule has 0 aliphatic carbocycles. The molecule has 2 unspecified atom stereocenters. The van der Waals surface area contributed by atoms with E-state index < -0.39 is 40.1 Å². The summed E-state index contributed by atoms with van der Waals surface area (Å²) in [5.74, 6) is 0. The summed E-state index contributed by atoms with van der Waals surface area (Å²) in [6, 6.07) is -0.811. The smallest absolute Gasteiger partial charge is 0.408 e. The zero-order valence-electron chi connectivity index (χ0n) is 13.0. The number of hydrogen-bond donors (Lipinski definition) is 2. The second kappa shape index (κ2) is 6.69. The molecule has 1 aliphatic rings. The van der Waals surface area contributed by atoms with Crippen LogP contribution in [0.1, 0.15) is 27.2 Å². The Kier molecular flexibility index (Phi) is 5.63. The molecule has 0 radical (unpaired) electrons. The summed E-state index contributed by atoms with van der Waals surface area (Å²) in [6.45, 7) is 5.10. The summed E-state index contributed by atoms with van der Waals surface area (Å²) in [5.41, 5.74) is -0.724. The van der Waals surface area contributed by atoms with E-state index in [2.05, 4.69) is 5.32 Å². The van der Waals surface area contributed by atoms with Gasteiger partial charge in [-0.2, -0.15) is 8.42 Å². The van der Waals surface area contributed by atoms with E-state index in [1.54, 1.807) is 20.8 Å². The van der Waals surface area contributed by atoms with Gasteiger partial charge < -0.3 is 20.1 Å². The fourth-order valence-corrected chi connectivity index (χ4v) is 2.72. The van der Waals surface area contributed by atoms with E-state index in [1.165, 1.54) is 0 Å². The number of piperidine rings is 1. The van der Waals surface area contributed by atoms with E-state index >= 15 is 0 Å². The van der Waals surface area contributed by atoms with Crippen LogP contribution in [0.3, 0.4) is 0 Å². The monoisotopic (exact) mass is 338 g/mol. The van der Waals surface area contributed by atoms with Gasteiger partial charge in [0.05, 0.1) is 12.3 Å². The highest BCUT2D eigenvalue weighted by molar-refractivity contribution is 7.86. The highest BCUT2D eigenvalue weighted by Gasteiger charge is 2.36. The molecule has 2 amide bonds. The fraction of sp³-hybridized carbons (Fsp3) is 0.833. The number of carboxylic acid groups (broad SMARTS) is 1. The first-order valence-electron chi connectivity index (χ1n) is 6.73. The van der Waals surface area contributed by atoms with Crippen molar-refractivity contribution >= 4 is 22.3 Å². The van der Waals surface area contributed by atoms with Gasteiger partial charge in [-0.1, -0.05) is 0 Å². The molecule has 1 aliphatic heterocycles. The standard InChI is InChI=1S/C12H22N2O7S/c1-12(2,3)20-10(15)13-8-7-14(11(16)17)6-5-9(8)21-22(4,18)19/h8-9H,5-7H2,1-4H3,(H,13,15)(H,16,17). The van der Waals surface area contributed by atoms with Gasteiger partial charge in [0.25, 0.3) is 10.1 Å². The number of carbonyl (C=O) groups excluding carboxylic acids is 1. The van der Waals surface area contributed by atoms with Crippen molar-refractivity contribution in [3.63, 3.8) is 0 Å². The zero-order chi connectivity index (χ0) is 17.1. The summed E-state index contributed by atoms with van der Waals surface area (Å²) >= 11 is 0. The molecule has 0 aromatic heterocycles. The van der Waals surface area contributed by atoms with Gasteiger partial charge in [-0.25, -0.2) is 9.59 Å². The highest BCUT2D eigenvalue weighted by atomic mass is 32.2. The Morgan fingerprint density at radius 1 is 1.32 bits per heavy atom. The highest BCUT2D eigenvalue weighted by Crippen LogP contribution is 2.17. The number of amides is 2. The Morgan fingerprint density at radius 2 is 1.91 bits per heavy atom. The Bertz CT molecular complexity index is 526. The molecule has 2 N–H and O–H groups in total. The molecule has 0 bridgehead atoms. The first kappa shape index (κ1) is 18.5. The molecule has 1 saturated heterocycles. The molecule has 10 heteroatoms. The summed E-state index contributed by atoms with van der Waals surface area (Å²) in [5, 5.41) is 11.5. The van der Waals surface area contributed by atoms with E-state index in [0.29, 0.717) is 0 Å². The van der Waals surface area contributed by atoms with Crippen LogP contribution >= 0.6 is 0 Å². The van der Waals surface area contributed by atoms with Crippen LogP contribution in [-0.2, 0) is 19.0 Å². The Labute approximate surface area is 129 Å². The van der Waals surface area contributed by atoms with Gasteiger partial charge in [-0.05, 0) is 27.2 Å². The molecule has 0 aromatic carbocycles. The molecule has 0 saturated carbocycles. The summed E-state index contributed by atoms with van der Waals surface area (Å²) < 4.78 is 32.6. The van der Waals surface area contributed by atoms with Crippen molar-refractivity contribution < 1.29 is 32.0 Å². The van der Waals surface area contributed by atoms with E-state index in [0.717, 1.165) is 11.2 Å². The second-order valence-corrected chi connectivity index (χ2v) is 7.71. The first-order valence-corrected chi connectivity index (χ1v) is 8.55. The van der Waals surface area contributed by atoms with Gasteiger partial charge >= 0.3 is 12.2 Å². The topological polar surface area (TPSA) is 122 Å². The lowest BCUT2D eigenvalue weighted by Gasteiger charge is -2.36. The molecule has 2 atom stereocenters. The van der Waals surface area contributed by atoms with Crippen molar-refractivity contribution in [2.24, 2.45) is 0 Å². The third-order valence-corrected chi connectivity index (χ3v) is 3.42. The molecule has 1 heterocycles. The minimum Gasteiger partial charge on any atom is -0.465 e. The number of nitrogens with one attached hydrogen (secondary N) is 1. The van der Waals surface area contributed by atoms with Crippen molar-refractivity contribution in [3.8, 4) is 0 Å². The normalized spacial score (nSPS) is 23.0. The van der Waals surface area contributed by atoms with Gasteiger partial charge in [0, 0.05) is 13.1 Å². The predicted molar refractivity (Wildman–Crippen MR) is 77.1 cm³/mol. The molecular formula is C12H22N2O7S. The van der Waals surface area contributed by atoms with Gasteiger partial charge in [-0.3, -0.25) is 4.18 Å². The third-order valence-electron chi connectivity index (χ3n) is 2.82. The number of nitrogens with zero attached hydrogens (tertiary/aromatic N) is 1. The number of alkyl carbamates (subject to hydrolysis) is 1. The molecule has 0 spiro atoms. The maximum absolute atomic E-state index is 11.8. The van der Waals surface area contributed by atoms with Crippen LogP contribution in [0.15, 0.2) is 0 Å². The Hall–Kier alpha value is -1.55. The molecule has 1 rings (SSSR count). The quantitative estimate of drug-likeness (QED) is 0.723. The van der Waals surface area contributed by atoms with Crippen molar-refractivity contribution in [2.45, 2.75) is 44.9 Å². The van der Waals surface area contributed by atoms with Crippen LogP contribution in [0.5, 0.6) is 0 Å². The van der Waals surface area contributed by atoms with Crippen LogP contribution in [0.25, 0.3) is 0 Å². The molecular weight excluding hydrogens is 316 g/mol. The van der Waals surface area contributed by atoms with Crippen LogP contribution in [-0.4, -0.2) is 67.7 Å². The Balaban J connectivity index is 2.80. The van der Waals surface area contributed by atoms with Crippen molar-refractivity contribution in [2.75, 3.05) is 19.3 Å². The first-order chi connectivity index (χ1) is 9.87.